The lowest BCUT2D eigenvalue weighted by Gasteiger charge is -2.12. The van der Waals surface area contributed by atoms with E-state index in [1.54, 1.807) is 0 Å². The molecule has 0 saturated carbocycles. The van der Waals surface area contributed by atoms with Crippen molar-refractivity contribution < 1.29 is 19.1 Å². The average molecular weight is 174 g/mol. The zero-order chi connectivity index (χ0) is 9.56. The van der Waals surface area contributed by atoms with Crippen LogP contribution in [0.1, 0.15) is 26.7 Å². The zero-order valence-corrected chi connectivity index (χ0v) is 7.62. The van der Waals surface area contributed by atoms with Gasteiger partial charge in [-0.2, -0.15) is 0 Å². The highest BCUT2D eigenvalue weighted by atomic mass is 16.6. The van der Waals surface area contributed by atoms with Gasteiger partial charge in [0.2, 0.25) is 0 Å². The van der Waals surface area contributed by atoms with Gasteiger partial charge in [0, 0.05) is 6.92 Å². The number of esters is 2. The van der Waals surface area contributed by atoms with Crippen LogP contribution in [-0.4, -0.2) is 25.2 Å². The van der Waals surface area contributed by atoms with Crippen LogP contribution in [0.4, 0.5) is 0 Å². The molecule has 0 bridgehead atoms. The highest BCUT2D eigenvalue weighted by Crippen LogP contribution is 2.04. The molecule has 0 N–H and O–H groups in total. The molecule has 0 amide bonds. The van der Waals surface area contributed by atoms with E-state index in [0.29, 0.717) is 6.42 Å². The SMILES string of the molecule is CC[C@@H](CC(=O)OC)OC(C)=O. The second-order valence-corrected chi connectivity index (χ2v) is 2.42. The van der Waals surface area contributed by atoms with Gasteiger partial charge >= 0.3 is 11.9 Å². The summed E-state index contributed by atoms with van der Waals surface area (Å²) in [5.74, 6) is -0.728. The Morgan fingerprint density at radius 2 is 2.00 bits per heavy atom. The molecule has 0 heterocycles. The third-order valence-corrected chi connectivity index (χ3v) is 1.41. The van der Waals surface area contributed by atoms with Crippen molar-refractivity contribution in [2.24, 2.45) is 0 Å². The van der Waals surface area contributed by atoms with E-state index in [2.05, 4.69) is 4.74 Å². The molecule has 70 valence electrons. The maximum absolute atomic E-state index is 10.7. The lowest BCUT2D eigenvalue weighted by Crippen LogP contribution is -2.20. The molecular formula is C8H14O4. The molecule has 0 fully saturated rings. The molecule has 0 aliphatic carbocycles. The molecule has 12 heavy (non-hydrogen) atoms. The molecule has 0 aromatic rings. The summed E-state index contributed by atoms with van der Waals surface area (Å²) >= 11 is 0. The van der Waals surface area contributed by atoms with Gasteiger partial charge in [-0.15, -0.1) is 0 Å². The van der Waals surface area contributed by atoms with Crippen LogP contribution < -0.4 is 0 Å². The molecule has 0 spiro atoms. The van der Waals surface area contributed by atoms with Crippen LogP contribution in [0.25, 0.3) is 0 Å². The summed E-state index contributed by atoms with van der Waals surface area (Å²) in [6.45, 7) is 3.16. The Kier molecular flexibility index (Phi) is 5.08. The Balaban J connectivity index is 3.82. The molecule has 0 aliphatic heterocycles. The molecule has 0 saturated heterocycles. The zero-order valence-electron chi connectivity index (χ0n) is 7.62. The smallest absolute Gasteiger partial charge is 0.309 e. The van der Waals surface area contributed by atoms with Gasteiger partial charge in [0.15, 0.2) is 0 Å². The van der Waals surface area contributed by atoms with Crippen LogP contribution in [0, 0.1) is 0 Å². The highest BCUT2D eigenvalue weighted by molar-refractivity contribution is 5.71. The van der Waals surface area contributed by atoms with Crippen LogP contribution >= 0.6 is 0 Å². The van der Waals surface area contributed by atoms with E-state index in [1.807, 2.05) is 6.92 Å². The molecule has 0 aromatic carbocycles. The largest absolute Gasteiger partial charge is 0.469 e. The van der Waals surface area contributed by atoms with Crippen molar-refractivity contribution in [1.29, 1.82) is 0 Å². The fourth-order valence-electron chi connectivity index (χ4n) is 0.773. The minimum Gasteiger partial charge on any atom is -0.469 e. The van der Waals surface area contributed by atoms with Gasteiger partial charge in [0.25, 0.3) is 0 Å². The Hall–Kier alpha value is -1.06. The lowest BCUT2D eigenvalue weighted by molar-refractivity contribution is -0.152. The van der Waals surface area contributed by atoms with Crippen LogP contribution in [0.2, 0.25) is 0 Å². The number of rotatable bonds is 4. The van der Waals surface area contributed by atoms with Crippen molar-refractivity contribution in [2.75, 3.05) is 7.11 Å². The van der Waals surface area contributed by atoms with E-state index in [9.17, 15) is 9.59 Å². The third-order valence-electron chi connectivity index (χ3n) is 1.41. The van der Waals surface area contributed by atoms with Crippen LogP contribution in [0.3, 0.4) is 0 Å². The minimum absolute atomic E-state index is 0.132. The number of hydrogen-bond donors (Lipinski definition) is 0. The number of hydrogen-bond acceptors (Lipinski definition) is 4. The van der Waals surface area contributed by atoms with Gasteiger partial charge in [-0.1, -0.05) is 6.92 Å². The van der Waals surface area contributed by atoms with Crippen LogP contribution in [-0.2, 0) is 19.1 Å². The van der Waals surface area contributed by atoms with Crippen molar-refractivity contribution >= 4 is 11.9 Å². The maximum atomic E-state index is 10.7. The second-order valence-electron chi connectivity index (χ2n) is 2.42. The summed E-state index contributed by atoms with van der Waals surface area (Å²) in [6, 6.07) is 0. The molecule has 0 unspecified atom stereocenters. The Morgan fingerprint density at radius 3 is 2.33 bits per heavy atom. The molecule has 0 radical (unpaired) electrons. The van der Waals surface area contributed by atoms with Gasteiger partial charge < -0.3 is 9.47 Å². The van der Waals surface area contributed by atoms with E-state index in [-0.39, 0.29) is 24.5 Å². The number of methoxy groups -OCH3 is 1. The van der Waals surface area contributed by atoms with E-state index < -0.39 is 0 Å². The number of ether oxygens (including phenoxy) is 2. The predicted molar refractivity (Wildman–Crippen MR) is 42.5 cm³/mol. The topological polar surface area (TPSA) is 52.6 Å². The fraction of sp³-hybridized carbons (Fsp3) is 0.750. The Bertz CT molecular complexity index is 164. The summed E-state index contributed by atoms with van der Waals surface area (Å²) in [7, 11) is 1.31. The standard InChI is InChI=1S/C8H14O4/c1-4-7(12-6(2)9)5-8(10)11-3/h7H,4-5H2,1-3H3/t7-/m0/s1. The van der Waals surface area contributed by atoms with Crippen LogP contribution in [0.15, 0.2) is 0 Å². The Labute approximate surface area is 71.8 Å². The first-order valence-corrected chi connectivity index (χ1v) is 3.84. The second kappa shape index (κ2) is 5.57. The van der Waals surface area contributed by atoms with Gasteiger partial charge in [0.1, 0.15) is 6.10 Å². The van der Waals surface area contributed by atoms with Gasteiger partial charge in [-0.3, -0.25) is 9.59 Å². The Morgan fingerprint density at radius 1 is 1.42 bits per heavy atom. The lowest BCUT2D eigenvalue weighted by atomic mass is 10.2. The van der Waals surface area contributed by atoms with Crippen molar-refractivity contribution in [2.45, 2.75) is 32.8 Å². The van der Waals surface area contributed by atoms with Gasteiger partial charge in [-0.25, -0.2) is 0 Å². The normalized spacial score (nSPS) is 11.9. The first-order valence-electron chi connectivity index (χ1n) is 3.84. The molecule has 4 heteroatoms. The van der Waals surface area contributed by atoms with Crippen LogP contribution in [0.5, 0.6) is 0 Å². The van der Waals surface area contributed by atoms with Crippen molar-refractivity contribution in [3.63, 3.8) is 0 Å². The number of carbonyl (C=O) groups is 2. The first-order chi connectivity index (χ1) is 5.60. The molecule has 1 atom stereocenters. The van der Waals surface area contributed by atoms with E-state index >= 15 is 0 Å². The molecule has 0 aromatic heterocycles. The molecule has 0 rings (SSSR count). The summed E-state index contributed by atoms with van der Waals surface area (Å²) in [5.41, 5.74) is 0. The highest BCUT2D eigenvalue weighted by Gasteiger charge is 2.14. The van der Waals surface area contributed by atoms with Crippen molar-refractivity contribution in [3.05, 3.63) is 0 Å². The summed E-state index contributed by atoms with van der Waals surface area (Å²) in [4.78, 5) is 21.3. The molecule has 0 aliphatic rings. The van der Waals surface area contributed by atoms with E-state index in [4.69, 9.17) is 4.74 Å². The monoisotopic (exact) mass is 174 g/mol. The van der Waals surface area contributed by atoms with Gasteiger partial charge in [0.05, 0.1) is 13.5 Å². The van der Waals surface area contributed by atoms with Crippen molar-refractivity contribution in [1.82, 2.24) is 0 Å². The quantitative estimate of drug-likeness (QED) is 0.594. The van der Waals surface area contributed by atoms with Gasteiger partial charge in [-0.05, 0) is 6.42 Å². The minimum atomic E-state index is -0.370. The first kappa shape index (κ1) is 10.9. The third kappa shape index (κ3) is 4.71. The van der Waals surface area contributed by atoms with E-state index in [0.717, 1.165) is 0 Å². The fourth-order valence-corrected chi connectivity index (χ4v) is 0.773. The summed E-state index contributed by atoms with van der Waals surface area (Å²) in [5, 5.41) is 0. The van der Waals surface area contributed by atoms with Crippen molar-refractivity contribution in [3.8, 4) is 0 Å². The summed E-state index contributed by atoms with van der Waals surface area (Å²) in [6.07, 6.45) is 0.399. The molecule has 4 nitrogen and oxygen atoms in total. The predicted octanol–water partition coefficient (Wildman–Crippen LogP) is 0.891. The summed E-state index contributed by atoms with van der Waals surface area (Å²) < 4.78 is 9.27. The maximum Gasteiger partial charge on any atom is 0.309 e. The molecular weight excluding hydrogens is 160 g/mol. The van der Waals surface area contributed by atoms with E-state index in [1.165, 1.54) is 14.0 Å². The average Bonchev–Trinajstić information content (AvgIpc) is 2.02. The number of carbonyl (C=O) groups excluding carboxylic acids is 2.